The van der Waals surface area contributed by atoms with Crippen LogP contribution in [0.25, 0.3) is 28.2 Å². The number of pyridine rings is 1. The van der Waals surface area contributed by atoms with Gasteiger partial charge in [-0.1, -0.05) is 6.07 Å². The van der Waals surface area contributed by atoms with E-state index in [9.17, 15) is 13.2 Å². The molecule has 2 aromatic heterocycles. The van der Waals surface area contributed by atoms with Gasteiger partial charge in [0, 0.05) is 23.0 Å². The molecule has 0 radical (unpaired) electrons. The molecule has 0 saturated heterocycles. The zero-order valence-electron chi connectivity index (χ0n) is 14.1. The van der Waals surface area contributed by atoms with Gasteiger partial charge in [-0.2, -0.15) is 4.68 Å². The van der Waals surface area contributed by atoms with Crippen LogP contribution in [0, 0.1) is 17.5 Å². The minimum Gasteiger partial charge on any atom is -0.398 e. The van der Waals surface area contributed by atoms with Crippen LogP contribution in [0.15, 0.2) is 48.7 Å². The molecular weight excluding hydrogens is 371 g/mol. The maximum absolute atomic E-state index is 14.2. The average Bonchev–Trinajstić information content (AvgIpc) is 3.16. The molecule has 2 heterocycles. The number of hydrogen-bond acceptors (Lipinski definition) is 6. The van der Waals surface area contributed by atoms with Crippen molar-refractivity contribution in [3.8, 4) is 28.2 Å². The summed E-state index contributed by atoms with van der Waals surface area (Å²) in [4.78, 5) is 4.08. The number of halogens is 3. The smallest absolute Gasteiger partial charge is 0.190 e. The van der Waals surface area contributed by atoms with Crippen LogP contribution in [0.3, 0.4) is 0 Å². The number of nitrogen functional groups attached to an aromatic ring is 2. The lowest BCUT2D eigenvalue weighted by atomic mass is 10.0. The highest BCUT2D eigenvalue weighted by atomic mass is 19.2. The van der Waals surface area contributed by atoms with Gasteiger partial charge < -0.3 is 11.5 Å². The first kappa shape index (κ1) is 17.5. The fourth-order valence-corrected chi connectivity index (χ4v) is 2.75. The molecule has 10 heteroatoms. The van der Waals surface area contributed by atoms with Crippen molar-refractivity contribution in [1.29, 1.82) is 0 Å². The van der Waals surface area contributed by atoms with E-state index in [1.54, 1.807) is 6.07 Å². The van der Waals surface area contributed by atoms with E-state index in [-0.39, 0.29) is 22.9 Å². The molecule has 28 heavy (non-hydrogen) atoms. The Labute approximate surface area is 156 Å². The Bertz CT molecular complexity index is 1190. The molecule has 4 rings (SSSR count). The van der Waals surface area contributed by atoms with E-state index in [4.69, 9.17) is 11.5 Å². The largest absolute Gasteiger partial charge is 0.398 e. The lowest BCUT2D eigenvalue weighted by molar-refractivity contribution is 0.501. The number of nitrogens with zero attached hydrogens (tertiary/aromatic N) is 5. The van der Waals surface area contributed by atoms with Crippen LogP contribution < -0.4 is 11.5 Å². The zero-order chi connectivity index (χ0) is 19.8. The fraction of sp³-hybridized carbons (Fsp3) is 0. The SMILES string of the molecule is Nc1ccc(F)cc1-c1cnc(N)c(-c2nnnn2-c2cccc(F)c2F)c1. The van der Waals surface area contributed by atoms with Crippen molar-refractivity contribution in [3.63, 3.8) is 0 Å². The molecule has 0 spiro atoms. The van der Waals surface area contributed by atoms with Crippen LogP contribution in [-0.2, 0) is 0 Å². The van der Waals surface area contributed by atoms with Crippen LogP contribution in [0.4, 0.5) is 24.7 Å². The van der Waals surface area contributed by atoms with E-state index in [0.29, 0.717) is 16.8 Å². The first-order valence-corrected chi connectivity index (χ1v) is 7.99. The standard InChI is InChI=1S/C18H12F3N7/c19-10-4-5-14(22)11(7-10)9-6-12(17(23)24-8-9)18-25-26-27-28(18)15-3-1-2-13(20)16(15)21/h1-8H,22H2,(H2,23,24). The number of aromatic nitrogens is 5. The Hall–Kier alpha value is -3.95. The summed E-state index contributed by atoms with van der Waals surface area (Å²) in [5, 5.41) is 11.1. The van der Waals surface area contributed by atoms with Crippen LogP contribution >= 0.6 is 0 Å². The molecule has 0 fully saturated rings. The second kappa shape index (κ2) is 6.65. The van der Waals surface area contributed by atoms with Crippen molar-refractivity contribution in [3.05, 3.63) is 66.1 Å². The van der Waals surface area contributed by atoms with Crippen molar-refractivity contribution in [2.24, 2.45) is 0 Å². The zero-order valence-corrected chi connectivity index (χ0v) is 14.1. The number of tetrazole rings is 1. The van der Waals surface area contributed by atoms with Gasteiger partial charge in [0.2, 0.25) is 0 Å². The second-order valence-corrected chi connectivity index (χ2v) is 5.88. The molecule has 0 atom stereocenters. The molecule has 0 unspecified atom stereocenters. The average molecular weight is 383 g/mol. The minimum absolute atomic E-state index is 0.0336. The molecule has 4 aromatic rings. The molecule has 2 aromatic carbocycles. The predicted molar refractivity (Wildman–Crippen MR) is 96.5 cm³/mol. The van der Waals surface area contributed by atoms with Gasteiger partial charge in [-0.05, 0) is 46.8 Å². The van der Waals surface area contributed by atoms with Crippen LogP contribution in [-0.4, -0.2) is 25.2 Å². The molecule has 0 aliphatic heterocycles. The Morgan fingerprint density at radius 2 is 1.75 bits per heavy atom. The van der Waals surface area contributed by atoms with Gasteiger partial charge in [0.05, 0.1) is 5.56 Å². The van der Waals surface area contributed by atoms with E-state index in [0.717, 1.165) is 10.7 Å². The van der Waals surface area contributed by atoms with Crippen molar-refractivity contribution in [2.75, 3.05) is 11.5 Å². The number of anilines is 2. The Morgan fingerprint density at radius 1 is 0.929 bits per heavy atom. The van der Waals surface area contributed by atoms with Gasteiger partial charge in [-0.3, -0.25) is 0 Å². The summed E-state index contributed by atoms with van der Waals surface area (Å²) < 4.78 is 42.5. The third kappa shape index (κ3) is 2.90. The topological polar surface area (TPSA) is 109 Å². The van der Waals surface area contributed by atoms with Gasteiger partial charge in [-0.25, -0.2) is 18.2 Å². The van der Waals surface area contributed by atoms with Gasteiger partial charge in [0.25, 0.3) is 0 Å². The summed E-state index contributed by atoms with van der Waals surface area (Å²) >= 11 is 0. The first-order valence-electron chi connectivity index (χ1n) is 7.99. The van der Waals surface area contributed by atoms with E-state index in [2.05, 4.69) is 20.5 Å². The Kier molecular flexibility index (Phi) is 4.15. The Balaban J connectivity index is 1.89. The predicted octanol–water partition coefficient (Wildman–Crippen LogP) is 2.97. The van der Waals surface area contributed by atoms with Crippen LogP contribution in [0.2, 0.25) is 0 Å². The summed E-state index contributed by atoms with van der Waals surface area (Å²) in [5.41, 5.74) is 13.1. The van der Waals surface area contributed by atoms with Gasteiger partial charge in [0.15, 0.2) is 17.5 Å². The second-order valence-electron chi connectivity index (χ2n) is 5.88. The first-order chi connectivity index (χ1) is 13.5. The molecule has 0 bridgehead atoms. The summed E-state index contributed by atoms with van der Waals surface area (Å²) in [6.07, 6.45) is 1.42. The molecule has 0 amide bonds. The molecule has 140 valence electrons. The highest BCUT2D eigenvalue weighted by Gasteiger charge is 2.19. The molecule has 0 aliphatic carbocycles. The van der Waals surface area contributed by atoms with E-state index < -0.39 is 17.5 Å². The van der Waals surface area contributed by atoms with E-state index in [1.165, 1.54) is 36.5 Å². The molecule has 0 aliphatic rings. The van der Waals surface area contributed by atoms with Gasteiger partial charge in [-0.15, -0.1) is 5.10 Å². The maximum atomic E-state index is 14.2. The highest BCUT2D eigenvalue weighted by Crippen LogP contribution is 2.32. The van der Waals surface area contributed by atoms with Gasteiger partial charge >= 0.3 is 0 Å². The number of benzene rings is 2. The van der Waals surface area contributed by atoms with Crippen molar-refractivity contribution in [2.45, 2.75) is 0 Å². The molecule has 7 nitrogen and oxygen atoms in total. The Morgan fingerprint density at radius 3 is 2.57 bits per heavy atom. The van der Waals surface area contributed by atoms with Crippen LogP contribution in [0.1, 0.15) is 0 Å². The third-order valence-corrected chi connectivity index (χ3v) is 4.11. The number of rotatable bonds is 3. The minimum atomic E-state index is -1.12. The molecular formula is C18H12F3N7. The number of hydrogen-bond donors (Lipinski definition) is 2. The van der Waals surface area contributed by atoms with Gasteiger partial charge in [0.1, 0.15) is 17.3 Å². The normalized spacial score (nSPS) is 11.0. The highest BCUT2D eigenvalue weighted by molar-refractivity contribution is 5.81. The summed E-state index contributed by atoms with van der Waals surface area (Å²) in [7, 11) is 0. The van der Waals surface area contributed by atoms with E-state index in [1.807, 2.05) is 0 Å². The fourth-order valence-electron chi connectivity index (χ4n) is 2.75. The summed E-state index contributed by atoms with van der Waals surface area (Å²) in [6.45, 7) is 0. The monoisotopic (exact) mass is 383 g/mol. The molecule has 4 N–H and O–H groups in total. The lowest BCUT2D eigenvalue weighted by Gasteiger charge is -2.11. The number of nitrogens with two attached hydrogens (primary N) is 2. The summed E-state index contributed by atoms with van der Waals surface area (Å²) in [5.74, 6) is -2.56. The quantitative estimate of drug-likeness (QED) is 0.527. The van der Waals surface area contributed by atoms with E-state index >= 15 is 0 Å². The van der Waals surface area contributed by atoms with Crippen LogP contribution in [0.5, 0.6) is 0 Å². The lowest BCUT2D eigenvalue weighted by Crippen LogP contribution is -2.06. The van der Waals surface area contributed by atoms with Crippen molar-refractivity contribution in [1.82, 2.24) is 25.2 Å². The van der Waals surface area contributed by atoms with Crippen molar-refractivity contribution >= 4 is 11.5 Å². The maximum Gasteiger partial charge on any atom is 0.190 e. The summed E-state index contributed by atoms with van der Waals surface area (Å²) in [6, 6.07) is 9.08. The third-order valence-electron chi connectivity index (χ3n) is 4.11. The molecule has 0 saturated carbocycles. The van der Waals surface area contributed by atoms with Crippen molar-refractivity contribution < 1.29 is 13.2 Å².